The van der Waals surface area contributed by atoms with Crippen molar-refractivity contribution in [1.29, 1.82) is 0 Å². The molecule has 2 aromatic rings. The Kier molecular flexibility index (Phi) is 6.70. The summed E-state index contributed by atoms with van der Waals surface area (Å²) < 4.78 is 65.6. The Labute approximate surface area is 167 Å². The van der Waals surface area contributed by atoms with Crippen LogP contribution in [0.1, 0.15) is 36.1 Å². The smallest absolute Gasteiger partial charge is 0.282 e. The molecule has 8 heteroatoms. The van der Waals surface area contributed by atoms with Crippen LogP contribution in [0.15, 0.2) is 46.2 Å². The molecule has 0 aliphatic heterocycles. The molecule has 0 saturated heterocycles. The summed E-state index contributed by atoms with van der Waals surface area (Å²) in [6.45, 7) is 7.58. The molecule has 0 aliphatic carbocycles. The van der Waals surface area contributed by atoms with E-state index in [1.165, 1.54) is 12.1 Å². The van der Waals surface area contributed by atoms with Crippen molar-refractivity contribution >= 4 is 20.2 Å². The van der Waals surface area contributed by atoms with Crippen molar-refractivity contribution in [2.75, 3.05) is 0 Å². The van der Waals surface area contributed by atoms with Crippen LogP contribution in [-0.4, -0.2) is 25.9 Å². The molecule has 6 nitrogen and oxygen atoms in total. The number of aryl methyl sites for hydroxylation is 2. The molecule has 0 radical (unpaired) electrons. The normalized spacial score (nSPS) is 14.6. The Balaban J connectivity index is 2.30. The Hall–Kier alpha value is -1.74. The molecule has 0 unspecified atom stereocenters. The number of benzene rings is 2. The minimum absolute atomic E-state index is 0.00272. The first kappa shape index (κ1) is 22.5. The largest absolute Gasteiger partial charge is 0.294 e. The maximum atomic E-state index is 11.7. The SMILES string of the molecule is Cc1ccc(S(=O)(=O)O)c(C[C@@H](C)[C@H](C)Cc2cc(C)ccc2S(=O)(=O)O)c1. The van der Waals surface area contributed by atoms with Gasteiger partial charge in [0.25, 0.3) is 20.2 Å². The van der Waals surface area contributed by atoms with E-state index in [1.54, 1.807) is 24.3 Å². The van der Waals surface area contributed by atoms with Gasteiger partial charge in [-0.05, 0) is 61.8 Å². The summed E-state index contributed by atoms with van der Waals surface area (Å²) in [5.74, 6) is -0.00545. The molecule has 2 atom stereocenters. The third-order valence-corrected chi connectivity index (χ3v) is 6.95. The van der Waals surface area contributed by atoms with Gasteiger partial charge in [0.05, 0.1) is 9.79 Å². The van der Waals surface area contributed by atoms with Crippen LogP contribution in [0.2, 0.25) is 0 Å². The molecular formula is C20H26O6S2. The van der Waals surface area contributed by atoms with Crippen LogP contribution in [0.5, 0.6) is 0 Å². The van der Waals surface area contributed by atoms with Gasteiger partial charge < -0.3 is 0 Å². The van der Waals surface area contributed by atoms with Crippen molar-refractivity contribution in [3.05, 3.63) is 58.7 Å². The van der Waals surface area contributed by atoms with Gasteiger partial charge >= 0.3 is 0 Å². The lowest BCUT2D eigenvalue weighted by Gasteiger charge is -2.22. The van der Waals surface area contributed by atoms with Gasteiger partial charge in [-0.15, -0.1) is 0 Å². The van der Waals surface area contributed by atoms with Crippen LogP contribution in [0.3, 0.4) is 0 Å². The Morgan fingerprint density at radius 1 is 0.714 bits per heavy atom. The van der Waals surface area contributed by atoms with E-state index >= 15 is 0 Å². The quantitative estimate of drug-likeness (QED) is 0.651. The Bertz CT molecular complexity index is 984. The average molecular weight is 427 g/mol. The maximum Gasteiger partial charge on any atom is 0.294 e. The summed E-state index contributed by atoms with van der Waals surface area (Å²) in [5, 5.41) is 0. The van der Waals surface area contributed by atoms with E-state index in [-0.39, 0.29) is 21.6 Å². The molecule has 0 saturated carbocycles. The van der Waals surface area contributed by atoms with Gasteiger partial charge in [0.2, 0.25) is 0 Å². The zero-order valence-corrected chi connectivity index (χ0v) is 18.0. The molecule has 0 heterocycles. The van der Waals surface area contributed by atoms with Crippen molar-refractivity contribution in [3.8, 4) is 0 Å². The number of rotatable bonds is 7. The zero-order chi connectivity index (χ0) is 21.3. The highest BCUT2D eigenvalue weighted by atomic mass is 32.2. The summed E-state index contributed by atoms with van der Waals surface area (Å²) in [6.07, 6.45) is 0.815. The molecular weight excluding hydrogens is 400 g/mol. The van der Waals surface area contributed by atoms with Gasteiger partial charge in [0, 0.05) is 0 Å². The lowest BCUT2D eigenvalue weighted by molar-refractivity contribution is 0.378. The van der Waals surface area contributed by atoms with E-state index in [4.69, 9.17) is 0 Å². The number of hydrogen-bond donors (Lipinski definition) is 2. The van der Waals surface area contributed by atoms with E-state index in [2.05, 4.69) is 0 Å². The topological polar surface area (TPSA) is 109 Å². The van der Waals surface area contributed by atoms with Crippen LogP contribution < -0.4 is 0 Å². The molecule has 0 amide bonds. The van der Waals surface area contributed by atoms with E-state index in [9.17, 15) is 25.9 Å². The minimum atomic E-state index is -4.32. The molecule has 2 rings (SSSR count). The van der Waals surface area contributed by atoms with Gasteiger partial charge in [-0.2, -0.15) is 16.8 Å². The standard InChI is InChI=1S/C20H26O6S2/c1-13-5-7-19(27(21,22)23)17(9-13)11-15(3)16(4)12-18-10-14(2)6-8-20(18)28(24,25)26/h5-10,15-16H,11-12H2,1-4H3,(H,21,22,23)(H,24,25,26)/t15-,16-/m1/s1. The van der Waals surface area contributed by atoms with Crippen molar-refractivity contribution in [1.82, 2.24) is 0 Å². The second-order valence-electron chi connectivity index (χ2n) is 7.54. The van der Waals surface area contributed by atoms with Crippen LogP contribution >= 0.6 is 0 Å². The molecule has 0 aromatic heterocycles. The highest BCUT2D eigenvalue weighted by Gasteiger charge is 2.23. The minimum Gasteiger partial charge on any atom is -0.282 e. The Morgan fingerprint density at radius 3 is 1.32 bits per heavy atom. The van der Waals surface area contributed by atoms with Gasteiger partial charge in [-0.25, -0.2) is 0 Å². The lowest BCUT2D eigenvalue weighted by Crippen LogP contribution is -2.17. The van der Waals surface area contributed by atoms with Crippen LogP contribution in [0.4, 0.5) is 0 Å². The first-order chi connectivity index (χ1) is 12.8. The maximum absolute atomic E-state index is 11.7. The Morgan fingerprint density at radius 2 is 1.04 bits per heavy atom. The molecule has 0 bridgehead atoms. The summed E-state index contributed by atoms with van der Waals surface area (Å²) in [7, 11) is -8.65. The van der Waals surface area contributed by atoms with Crippen molar-refractivity contribution in [3.63, 3.8) is 0 Å². The summed E-state index contributed by atoms with van der Waals surface area (Å²) >= 11 is 0. The summed E-state index contributed by atoms with van der Waals surface area (Å²) in [6, 6.07) is 9.53. The van der Waals surface area contributed by atoms with Crippen LogP contribution in [0, 0.1) is 25.7 Å². The fourth-order valence-corrected chi connectivity index (χ4v) is 4.76. The average Bonchev–Trinajstić information content (AvgIpc) is 2.52. The van der Waals surface area contributed by atoms with E-state index in [0.29, 0.717) is 24.0 Å². The predicted octanol–water partition coefficient (Wildman–Crippen LogP) is 3.85. The summed E-state index contributed by atoms with van der Waals surface area (Å²) in [5.41, 5.74) is 2.83. The fourth-order valence-electron chi connectivity index (χ4n) is 3.33. The second-order valence-corrected chi connectivity index (χ2v) is 10.3. The zero-order valence-electron chi connectivity index (χ0n) is 16.4. The summed E-state index contributed by atoms with van der Waals surface area (Å²) in [4.78, 5) is -0.210. The van der Waals surface area contributed by atoms with E-state index in [1.807, 2.05) is 27.7 Å². The first-order valence-corrected chi connectivity index (χ1v) is 11.8. The molecule has 28 heavy (non-hydrogen) atoms. The van der Waals surface area contributed by atoms with Crippen molar-refractivity contribution in [2.24, 2.45) is 11.8 Å². The fraction of sp³-hybridized carbons (Fsp3) is 0.400. The lowest BCUT2D eigenvalue weighted by atomic mass is 9.85. The van der Waals surface area contributed by atoms with Gasteiger partial charge in [-0.1, -0.05) is 49.2 Å². The van der Waals surface area contributed by atoms with Crippen molar-refractivity contribution in [2.45, 2.75) is 50.3 Å². The van der Waals surface area contributed by atoms with Gasteiger partial charge in [0.1, 0.15) is 0 Å². The van der Waals surface area contributed by atoms with Crippen molar-refractivity contribution < 1.29 is 25.9 Å². The first-order valence-electron chi connectivity index (χ1n) is 8.93. The van der Waals surface area contributed by atoms with E-state index < -0.39 is 20.2 Å². The highest BCUT2D eigenvalue weighted by Crippen LogP contribution is 2.28. The molecule has 0 aliphatic rings. The molecule has 0 fully saturated rings. The van der Waals surface area contributed by atoms with Gasteiger partial charge in [-0.3, -0.25) is 9.11 Å². The van der Waals surface area contributed by atoms with Gasteiger partial charge in [0.15, 0.2) is 0 Å². The highest BCUT2D eigenvalue weighted by molar-refractivity contribution is 7.86. The molecule has 0 spiro atoms. The number of hydrogen-bond acceptors (Lipinski definition) is 4. The molecule has 154 valence electrons. The third kappa shape index (κ3) is 5.64. The van der Waals surface area contributed by atoms with Crippen LogP contribution in [0.25, 0.3) is 0 Å². The second kappa shape index (κ2) is 8.32. The molecule has 2 N–H and O–H groups in total. The predicted molar refractivity (Wildman–Crippen MR) is 108 cm³/mol. The molecule has 2 aromatic carbocycles. The third-order valence-electron chi connectivity index (χ3n) is 5.04. The van der Waals surface area contributed by atoms with Crippen LogP contribution in [-0.2, 0) is 33.1 Å². The monoisotopic (exact) mass is 426 g/mol. The van der Waals surface area contributed by atoms with E-state index in [0.717, 1.165) is 11.1 Å².